The van der Waals surface area contributed by atoms with E-state index in [-0.39, 0.29) is 11.7 Å². The second-order valence-corrected chi connectivity index (χ2v) is 11.3. The average Bonchev–Trinajstić information content (AvgIpc) is 2.95. The van der Waals surface area contributed by atoms with Crippen LogP contribution in [0.1, 0.15) is 29.1 Å². The number of pyridine rings is 1. The highest BCUT2D eigenvalue weighted by Crippen LogP contribution is 2.52. The van der Waals surface area contributed by atoms with Crippen LogP contribution in [-0.2, 0) is 4.74 Å². The van der Waals surface area contributed by atoms with Gasteiger partial charge in [0, 0.05) is 56.9 Å². The van der Waals surface area contributed by atoms with Gasteiger partial charge in [-0.3, -0.25) is 4.79 Å². The Morgan fingerprint density at radius 1 is 1.13 bits per heavy atom. The molecule has 0 saturated carbocycles. The minimum atomic E-state index is -0.614. The fourth-order valence-electron chi connectivity index (χ4n) is 4.64. The molecule has 2 unspecified atom stereocenters. The molecule has 7 nitrogen and oxygen atoms in total. The highest BCUT2D eigenvalue weighted by molar-refractivity contribution is 8.05. The fourth-order valence-corrected chi connectivity index (χ4v) is 7.09. The van der Waals surface area contributed by atoms with Gasteiger partial charge in [0.1, 0.15) is 24.5 Å². The number of rotatable bonds is 6. The number of H-pyrrole nitrogens is 1. The molecule has 0 amide bonds. The number of anilines is 2. The molecule has 0 radical (unpaired) electrons. The Bertz CT molecular complexity index is 1510. The average molecular weight is 548 g/mol. The lowest BCUT2D eigenvalue weighted by Gasteiger charge is -2.35. The minimum Gasteiger partial charge on any atom is -0.373 e. The first kappa shape index (κ1) is 25.0. The van der Waals surface area contributed by atoms with Gasteiger partial charge in [-0.25, -0.2) is 14.4 Å². The van der Waals surface area contributed by atoms with E-state index in [2.05, 4.69) is 55.5 Å². The van der Waals surface area contributed by atoms with Gasteiger partial charge in [0.15, 0.2) is 5.82 Å². The Morgan fingerprint density at radius 3 is 2.82 bits per heavy atom. The van der Waals surface area contributed by atoms with Gasteiger partial charge in [0.2, 0.25) is 0 Å². The van der Waals surface area contributed by atoms with Gasteiger partial charge in [0.25, 0.3) is 5.56 Å². The highest BCUT2D eigenvalue weighted by atomic mass is 32.2. The standard InChI is InChI=1S/C28H26FN5O2S2/c1-17-14-31-27(32-15-17)20(13-29)33-18-7-8-23-25(12-18)37-24-6-2-4-19(26(24)38-23)22-16-34(10-11-36-22)21-5-3-9-30-28(21)35/h2-9,12,14-15,20,22,33H,10-11,13,16H2,1H3,(H,30,35). The molecule has 1 saturated heterocycles. The van der Waals surface area contributed by atoms with Gasteiger partial charge in [0.05, 0.1) is 6.61 Å². The molecule has 2 atom stereocenters. The molecule has 0 spiro atoms. The number of morpholine rings is 1. The summed E-state index contributed by atoms with van der Waals surface area (Å²) in [5.74, 6) is 0.437. The molecule has 2 aliphatic heterocycles. The van der Waals surface area contributed by atoms with Crippen LogP contribution in [0.25, 0.3) is 0 Å². The van der Waals surface area contributed by atoms with Gasteiger partial charge in [-0.1, -0.05) is 35.7 Å². The van der Waals surface area contributed by atoms with Crippen LogP contribution >= 0.6 is 23.5 Å². The van der Waals surface area contributed by atoms with E-state index >= 15 is 0 Å². The zero-order chi connectivity index (χ0) is 26.1. The SMILES string of the molecule is Cc1cnc(C(CF)Nc2ccc3c(c2)Sc2cccc(C4CN(c5ccc[nH]c5=O)CCO4)c2S3)nc1. The van der Waals surface area contributed by atoms with E-state index in [0.717, 1.165) is 31.5 Å². The number of halogens is 1. The van der Waals surface area contributed by atoms with Crippen molar-refractivity contribution in [3.8, 4) is 0 Å². The van der Waals surface area contributed by atoms with Crippen molar-refractivity contribution in [2.75, 3.05) is 36.6 Å². The maximum Gasteiger partial charge on any atom is 0.271 e. The molecule has 2 N–H and O–H groups in total. The third-order valence-corrected chi connectivity index (χ3v) is 9.16. The first-order valence-corrected chi connectivity index (χ1v) is 14.0. The second kappa shape index (κ2) is 10.8. The lowest BCUT2D eigenvalue weighted by atomic mass is 10.1. The Kier molecular flexibility index (Phi) is 7.10. The number of alkyl halides is 1. The molecule has 4 heterocycles. The van der Waals surface area contributed by atoms with Crippen LogP contribution in [0.4, 0.5) is 15.8 Å². The van der Waals surface area contributed by atoms with E-state index in [0.29, 0.717) is 31.2 Å². The number of hydrogen-bond acceptors (Lipinski definition) is 8. The monoisotopic (exact) mass is 547 g/mol. The van der Waals surface area contributed by atoms with Crippen molar-refractivity contribution in [2.45, 2.75) is 38.7 Å². The van der Waals surface area contributed by atoms with Crippen LogP contribution in [-0.4, -0.2) is 41.3 Å². The zero-order valence-electron chi connectivity index (χ0n) is 20.7. The predicted molar refractivity (Wildman–Crippen MR) is 148 cm³/mol. The summed E-state index contributed by atoms with van der Waals surface area (Å²) in [6.07, 6.45) is 4.91. The first-order chi connectivity index (χ1) is 18.6. The van der Waals surface area contributed by atoms with Crippen molar-refractivity contribution in [1.29, 1.82) is 0 Å². The smallest absolute Gasteiger partial charge is 0.271 e. The maximum atomic E-state index is 13.9. The normalized spacial score (nSPS) is 17.4. The first-order valence-electron chi connectivity index (χ1n) is 12.4. The molecule has 0 bridgehead atoms. The van der Waals surface area contributed by atoms with Crippen molar-refractivity contribution in [2.24, 2.45) is 0 Å². The Labute approximate surface area is 228 Å². The molecule has 6 rings (SSSR count). The number of fused-ring (bicyclic) bond motifs is 2. The topological polar surface area (TPSA) is 83.1 Å². The van der Waals surface area contributed by atoms with Gasteiger partial charge in [-0.2, -0.15) is 0 Å². The number of hydrogen-bond donors (Lipinski definition) is 2. The molecule has 1 fully saturated rings. The fraction of sp³-hybridized carbons (Fsp3) is 0.250. The van der Waals surface area contributed by atoms with Crippen LogP contribution in [0.2, 0.25) is 0 Å². The second-order valence-electron chi connectivity index (χ2n) is 9.20. The molecule has 2 aromatic carbocycles. The van der Waals surface area contributed by atoms with Crippen LogP contribution in [0.5, 0.6) is 0 Å². The summed E-state index contributed by atoms with van der Waals surface area (Å²) in [4.78, 5) is 30.4. The molecule has 194 valence electrons. The number of aromatic amines is 1. The molecule has 2 aromatic heterocycles. The number of aryl methyl sites for hydroxylation is 1. The van der Waals surface area contributed by atoms with Gasteiger partial charge < -0.3 is 19.9 Å². The maximum absolute atomic E-state index is 13.9. The third-order valence-electron chi connectivity index (χ3n) is 6.54. The van der Waals surface area contributed by atoms with E-state index < -0.39 is 12.7 Å². The van der Waals surface area contributed by atoms with Crippen LogP contribution < -0.4 is 15.8 Å². The number of nitrogens with one attached hydrogen (secondary N) is 2. The lowest BCUT2D eigenvalue weighted by Crippen LogP contribution is -2.41. The van der Waals surface area contributed by atoms with Crippen LogP contribution in [0, 0.1) is 6.92 Å². The summed E-state index contributed by atoms with van der Waals surface area (Å²) >= 11 is 3.42. The van der Waals surface area contributed by atoms with E-state index in [4.69, 9.17) is 4.74 Å². The molecule has 38 heavy (non-hydrogen) atoms. The van der Waals surface area contributed by atoms with Gasteiger partial charge >= 0.3 is 0 Å². The summed E-state index contributed by atoms with van der Waals surface area (Å²) < 4.78 is 20.1. The third kappa shape index (κ3) is 5.03. The van der Waals surface area contributed by atoms with E-state index in [1.54, 1.807) is 42.1 Å². The van der Waals surface area contributed by atoms with Crippen molar-refractivity contribution >= 4 is 34.9 Å². The van der Waals surface area contributed by atoms with E-state index in [1.165, 1.54) is 4.90 Å². The summed E-state index contributed by atoms with van der Waals surface area (Å²) in [5, 5.41) is 3.25. The lowest BCUT2D eigenvalue weighted by molar-refractivity contribution is 0.0378. The highest BCUT2D eigenvalue weighted by Gasteiger charge is 2.29. The van der Waals surface area contributed by atoms with Crippen molar-refractivity contribution < 1.29 is 9.13 Å². The molecule has 4 aromatic rings. The quantitative estimate of drug-likeness (QED) is 0.276. The van der Waals surface area contributed by atoms with Crippen molar-refractivity contribution in [1.82, 2.24) is 15.0 Å². The van der Waals surface area contributed by atoms with E-state index in [9.17, 15) is 9.18 Å². The predicted octanol–water partition coefficient (Wildman–Crippen LogP) is 5.79. The van der Waals surface area contributed by atoms with E-state index in [1.807, 2.05) is 25.1 Å². The Morgan fingerprint density at radius 2 is 2.00 bits per heavy atom. The summed E-state index contributed by atoms with van der Waals surface area (Å²) in [6.45, 7) is 3.13. The largest absolute Gasteiger partial charge is 0.373 e. The number of benzene rings is 2. The molecule has 2 aliphatic rings. The minimum absolute atomic E-state index is 0.0875. The number of ether oxygens (including phenoxy) is 1. The van der Waals surface area contributed by atoms with Gasteiger partial charge in [-0.15, -0.1) is 0 Å². The van der Waals surface area contributed by atoms with Crippen LogP contribution in [0.15, 0.2) is 91.5 Å². The Hall–Kier alpha value is -3.34. The molecular weight excluding hydrogens is 521 g/mol. The summed E-state index contributed by atoms with van der Waals surface area (Å²) in [7, 11) is 0. The summed E-state index contributed by atoms with van der Waals surface area (Å²) in [5.41, 5.74) is 3.46. The van der Waals surface area contributed by atoms with Gasteiger partial charge in [-0.05, 0) is 54.4 Å². The number of aromatic nitrogens is 3. The van der Waals surface area contributed by atoms with Crippen LogP contribution in [0.3, 0.4) is 0 Å². The number of nitrogens with zero attached hydrogens (tertiary/aromatic N) is 3. The van der Waals surface area contributed by atoms with Crippen molar-refractivity contribution in [3.63, 3.8) is 0 Å². The molecular formula is C28H26FN5O2S2. The zero-order valence-corrected chi connectivity index (χ0v) is 22.3. The Balaban J connectivity index is 1.22. The molecule has 0 aliphatic carbocycles. The van der Waals surface area contributed by atoms with Crippen molar-refractivity contribution in [3.05, 3.63) is 94.4 Å². The summed E-state index contributed by atoms with van der Waals surface area (Å²) in [6, 6.07) is 15.5. The molecule has 10 heteroatoms.